The quantitative estimate of drug-likeness (QED) is 0.918. The summed E-state index contributed by atoms with van der Waals surface area (Å²) >= 11 is 3.02. The van der Waals surface area contributed by atoms with Crippen molar-refractivity contribution in [2.45, 2.75) is 46.0 Å². The van der Waals surface area contributed by atoms with Crippen molar-refractivity contribution >= 4 is 33.7 Å². The summed E-state index contributed by atoms with van der Waals surface area (Å²) in [6.07, 6.45) is 0.278. The molecular weight excluding hydrogens is 292 g/mol. The van der Waals surface area contributed by atoms with Crippen LogP contribution >= 0.6 is 22.7 Å². The van der Waals surface area contributed by atoms with E-state index >= 15 is 0 Å². The number of carbonyl (C=O) groups is 1. The van der Waals surface area contributed by atoms with Crippen LogP contribution in [0, 0.1) is 0 Å². The van der Waals surface area contributed by atoms with Crippen LogP contribution in [0.4, 0.5) is 5.13 Å². The van der Waals surface area contributed by atoms with E-state index in [4.69, 9.17) is 0 Å². The van der Waals surface area contributed by atoms with Crippen molar-refractivity contribution in [2.75, 3.05) is 5.32 Å². The van der Waals surface area contributed by atoms with Crippen molar-refractivity contribution in [2.24, 2.45) is 0 Å². The van der Waals surface area contributed by atoms with Crippen LogP contribution in [0.5, 0.6) is 0 Å². The molecule has 2 rings (SSSR count). The van der Waals surface area contributed by atoms with Gasteiger partial charge in [0, 0.05) is 17.2 Å². The molecule has 2 heterocycles. The summed E-state index contributed by atoms with van der Waals surface area (Å²) in [5, 5.41) is 15.3. The molecule has 5 nitrogen and oxygen atoms in total. The van der Waals surface area contributed by atoms with Crippen LogP contribution in [0.15, 0.2) is 5.38 Å². The van der Waals surface area contributed by atoms with E-state index < -0.39 is 0 Å². The maximum absolute atomic E-state index is 11.9. The number of thiazole rings is 1. The third-order valence-electron chi connectivity index (χ3n) is 2.59. The van der Waals surface area contributed by atoms with Crippen LogP contribution in [0.25, 0.3) is 0 Å². The Hall–Kier alpha value is -1.34. The molecule has 0 bridgehead atoms. The van der Waals surface area contributed by atoms with Gasteiger partial charge in [-0.05, 0) is 0 Å². The van der Waals surface area contributed by atoms with Crippen molar-refractivity contribution in [3.05, 3.63) is 21.1 Å². The fraction of sp³-hybridized carbons (Fsp3) is 0.538. The SMILES string of the molecule is CC(C)c1nc(CC(=O)Nc2nnc(C(C)C)s2)cs1. The summed E-state index contributed by atoms with van der Waals surface area (Å²) in [5.74, 6) is 0.621. The Morgan fingerprint density at radius 1 is 1.20 bits per heavy atom. The lowest BCUT2D eigenvalue weighted by atomic mass is 10.2. The summed E-state index contributed by atoms with van der Waals surface area (Å²) in [5.41, 5.74) is 0.810. The van der Waals surface area contributed by atoms with Gasteiger partial charge in [0.1, 0.15) is 5.01 Å². The zero-order valence-electron chi connectivity index (χ0n) is 12.0. The molecule has 2 aromatic rings. The number of aromatic nitrogens is 3. The highest BCUT2D eigenvalue weighted by atomic mass is 32.1. The molecule has 108 valence electrons. The predicted molar refractivity (Wildman–Crippen MR) is 82.5 cm³/mol. The third kappa shape index (κ3) is 3.83. The maximum atomic E-state index is 11.9. The Bertz CT molecular complexity index is 538. The Balaban J connectivity index is 1.94. The van der Waals surface area contributed by atoms with Gasteiger partial charge in [-0.25, -0.2) is 4.98 Å². The van der Waals surface area contributed by atoms with Crippen molar-refractivity contribution in [3.63, 3.8) is 0 Å². The van der Waals surface area contributed by atoms with E-state index in [1.807, 2.05) is 5.38 Å². The van der Waals surface area contributed by atoms with Crippen LogP contribution in [0.3, 0.4) is 0 Å². The number of anilines is 1. The van der Waals surface area contributed by atoms with E-state index in [1.54, 1.807) is 11.3 Å². The van der Waals surface area contributed by atoms with Gasteiger partial charge in [0.05, 0.1) is 17.1 Å². The van der Waals surface area contributed by atoms with Crippen molar-refractivity contribution in [3.8, 4) is 0 Å². The molecule has 1 amide bonds. The van der Waals surface area contributed by atoms with Gasteiger partial charge in [0.15, 0.2) is 0 Å². The topological polar surface area (TPSA) is 67.8 Å². The molecule has 7 heteroatoms. The lowest BCUT2D eigenvalue weighted by molar-refractivity contribution is -0.115. The Kier molecular flexibility index (Phi) is 4.82. The number of hydrogen-bond donors (Lipinski definition) is 1. The third-order valence-corrected chi connectivity index (χ3v) is 4.92. The first-order valence-electron chi connectivity index (χ1n) is 6.53. The molecule has 2 aromatic heterocycles. The molecule has 0 aromatic carbocycles. The normalized spacial score (nSPS) is 11.3. The van der Waals surface area contributed by atoms with Crippen LogP contribution in [0.1, 0.15) is 55.2 Å². The summed E-state index contributed by atoms with van der Waals surface area (Å²) < 4.78 is 0. The van der Waals surface area contributed by atoms with Crippen LogP contribution in [-0.2, 0) is 11.2 Å². The smallest absolute Gasteiger partial charge is 0.232 e. The Labute approximate surface area is 126 Å². The molecular formula is C13H18N4OS2. The second-order valence-corrected chi connectivity index (χ2v) is 7.06. The Morgan fingerprint density at radius 3 is 2.45 bits per heavy atom. The molecule has 0 unspecified atom stereocenters. The first-order valence-corrected chi connectivity index (χ1v) is 8.23. The first kappa shape index (κ1) is 15.1. The molecule has 0 saturated carbocycles. The minimum Gasteiger partial charge on any atom is -0.300 e. The first-order chi connectivity index (χ1) is 9.45. The minimum absolute atomic E-state index is 0.0999. The standard InChI is InChI=1S/C13H18N4OS2/c1-7(2)11-14-9(6-19-11)5-10(18)15-13-17-16-12(20-13)8(3)4/h6-8H,5H2,1-4H3,(H,15,17,18). The molecule has 1 N–H and O–H groups in total. The summed E-state index contributed by atoms with van der Waals surface area (Å²) in [4.78, 5) is 16.4. The summed E-state index contributed by atoms with van der Waals surface area (Å²) in [7, 11) is 0. The van der Waals surface area contributed by atoms with E-state index in [0.717, 1.165) is 15.7 Å². The highest BCUT2D eigenvalue weighted by Gasteiger charge is 2.13. The van der Waals surface area contributed by atoms with E-state index in [0.29, 0.717) is 17.0 Å². The number of nitrogens with zero attached hydrogens (tertiary/aromatic N) is 3. The highest BCUT2D eigenvalue weighted by Crippen LogP contribution is 2.23. The van der Waals surface area contributed by atoms with Gasteiger partial charge in [-0.15, -0.1) is 21.5 Å². The molecule has 0 spiro atoms. The number of hydrogen-bond acceptors (Lipinski definition) is 6. The zero-order chi connectivity index (χ0) is 14.7. The van der Waals surface area contributed by atoms with Crippen LogP contribution in [0.2, 0.25) is 0 Å². The van der Waals surface area contributed by atoms with Gasteiger partial charge in [-0.1, -0.05) is 39.0 Å². The van der Waals surface area contributed by atoms with Crippen LogP contribution in [-0.4, -0.2) is 21.1 Å². The van der Waals surface area contributed by atoms with Gasteiger partial charge in [0.2, 0.25) is 11.0 Å². The molecule has 0 aliphatic rings. The van der Waals surface area contributed by atoms with Gasteiger partial charge < -0.3 is 5.32 Å². The number of amides is 1. The second kappa shape index (κ2) is 6.41. The molecule has 0 atom stereocenters. The second-order valence-electron chi connectivity index (χ2n) is 5.16. The average Bonchev–Trinajstić information content (AvgIpc) is 2.98. The molecule has 20 heavy (non-hydrogen) atoms. The van der Waals surface area contributed by atoms with E-state index in [1.165, 1.54) is 11.3 Å². The van der Waals surface area contributed by atoms with Crippen molar-refractivity contribution in [1.29, 1.82) is 0 Å². The number of carbonyl (C=O) groups excluding carboxylic acids is 1. The van der Waals surface area contributed by atoms with Crippen molar-refractivity contribution in [1.82, 2.24) is 15.2 Å². The van der Waals surface area contributed by atoms with Crippen LogP contribution < -0.4 is 5.32 Å². The van der Waals surface area contributed by atoms with Gasteiger partial charge in [-0.2, -0.15) is 0 Å². The molecule has 0 saturated heterocycles. The van der Waals surface area contributed by atoms with E-state index in [9.17, 15) is 4.79 Å². The monoisotopic (exact) mass is 310 g/mol. The fourth-order valence-corrected chi connectivity index (χ4v) is 3.11. The van der Waals surface area contributed by atoms with E-state index in [2.05, 4.69) is 48.2 Å². The lowest BCUT2D eigenvalue weighted by Crippen LogP contribution is -2.14. The minimum atomic E-state index is -0.0999. The number of rotatable bonds is 5. The molecule has 0 fully saturated rings. The van der Waals surface area contributed by atoms with E-state index in [-0.39, 0.29) is 12.3 Å². The average molecular weight is 310 g/mol. The fourth-order valence-electron chi connectivity index (χ4n) is 1.52. The Morgan fingerprint density at radius 2 is 1.90 bits per heavy atom. The highest BCUT2D eigenvalue weighted by molar-refractivity contribution is 7.15. The number of nitrogens with one attached hydrogen (secondary N) is 1. The molecule has 0 aliphatic carbocycles. The van der Waals surface area contributed by atoms with Gasteiger partial charge >= 0.3 is 0 Å². The van der Waals surface area contributed by atoms with Gasteiger partial charge in [-0.3, -0.25) is 4.79 Å². The van der Waals surface area contributed by atoms with Crippen molar-refractivity contribution < 1.29 is 4.79 Å². The summed E-state index contributed by atoms with van der Waals surface area (Å²) in [6, 6.07) is 0. The largest absolute Gasteiger partial charge is 0.300 e. The van der Waals surface area contributed by atoms with Gasteiger partial charge in [0.25, 0.3) is 0 Å². The molecule has 0 aliphatic heterocycles. The zero-order valence-corrected chi connectivity index (χ0v) is 13.6. The lowest BCUT2D eigenvalue weighted by Gasteiger charge is -1.99. The maximum Gasteiger partial charge on any atom is 0.232 e. The predicted octanol–water partition coefficient (Wildman–Crippen LogP) is 3.42. The summed E-state index contributed by atoms with van der Waals surface area (Å²) in [6.45, 7) is 8.29. The molecule has 0 radical (unpaired) electrons.